The lowest BCUT2D eigenvalue weighted by Crippen LogP contribution is -2.08. The number of rotatable bonds is 3. The number of aromatic nitrogens is 6. The molecule has 4 aromatic heterocycles. The maximum absolute atomic E-state index is 4.86. The van der Waals surface area contributed by atoms with Crippen molar-refractivity contribution in [2.45, 2.75) is 6.42 Å². The highest BCUT2D eigenvalue weighted by Gasteiger charge is 2.17. The summed E-state index contributed by atoms with van der Waals surface area (Å²) in [6, 6.07) is 6.05. The van der Waals surface area contributed by atoms with Crippen molar-refractivity contribution in [1.29, 1.82) is 0 Å². The maximum Gasteiger partial charge on any atom is 0.161 e. The third kappa shape index (κ3) is 2.77. The summed E-state index contributed by atoms with van der Waals surface area (Å²) < 4.78 is 0. The zero-order chi connectivity index (χ0) is 19.1. The number of hydrogen-bond acceptors (Lipinski definition) is 5. The van der Waals surface area contributed by atoms with Gasteiger partial charge in [-0.2, -0.15) is 5.10 Å². The Balaban J connectivity index is 1.61. The zero-order valence-electron chi connectivity index (χ0n) is 15.6. The second-order valence-electron chi connectivity index (χ2n) is 6.93. The molecular formula is C21H19N7. The monoisotopic (exact) mass is 369 g/mol. The number of nitrogens with one attached hydrogen (secondary N) is 2. The molecule has 138 valence electrons. The van der Waals surface area contributed by atoms with Crippen molar-refractivity contribution in [1.82, 2.24) is 30.1 Å². The van der Waals surface area contributed by atoms with Gasteiger partial charge in [-0.05, 0) is 24.3 Å². The van der Waals surface area contributed by atoms with Crippen LogP contribution in [0.1, 0.15) is 11.4 Å². The van der Waals surface area contributed by atoms with Gasteiger partial charge in [0.05, 0.1) is 28.8 Å². The SMILES string of the molecule is CN(C)c1cncc(-c2ccc3[nH]nc(-c4nc5c([nH]4)CC=CC=C5)c3n2)c1. The van der Waals surface area contributed by atoms with E-state index in [1.165, 1.54) is 0 Å². The second kappa shape index (κ2) is 6.45. The summed E-state index contributed by atoms with van der Waals surface area (Å²) in [6.07, 6.45) is 12.6. The summed E-state index contributed by atoms with van der Waals surface area (Å²) in [5.41, 5.74) is 7.24. The van der Waals surface area contributed by atoms with Crippen molar-refractivity contribution in [2.24, 2.45) is 0 Å². The van der Waals surface area contributed by atoms with Gasteiger partial charge in [0.1, 0.15) is 5.52 Å². The molecule has 0 fully saturated rings. The summed E-state index contributed by atoms with van der Waals surface area (Å²) >= 11 is 0. The highest BCUT2D eigenvalue weighted by Crippen LogP contribution is 2.28. The molecule has 4 aromatic rings. The Morgan fingerprint density at radius 2 is 2.00 bits per heavy atom. The van der Waals surface area contributed by atoms with Crippen LogP contribution in [0.4, 0.5) is 5.69 Å². The van der Waals surface area contributed by atoms with Gasteiger partial charge < -0.3 is 9.88 Å². The summed E-state index contributed by atoms with van der Waals surface area (Å²) in [5, 5.41) is 7.53. The molecule has 1 aliphatic rings. The quantitative estimate of drug-likeness (QED) is 0.576. The number of allylic oxidation sites excluding steroid dienone is 3. The molecule has 1 aliphatic carbocycles. The molecule has 4 heterocycles. The smallest absolute Gasteiger partial charge is 0.161 e. The fourth-order valence-electron chi connectivity index (χ4n) is 3.28. The number of nitrogens with zero attached hydrogens (tertiary/aromatic N) is 5. The lowest BCUT2D eigenvalue weighted by Gasteiger charge is -2.12. The first-order valence-electron chi connectivity index (χ1n) is 9.09. The molecule has 7 heteroatoms. The highest BCUT2D eigenvalue weighted by molar-refractivity contribution is 5.89. The summed E-state index contributed by atoms with van der Waals surface area (Å²) in [7, 11) is 3.99. The molecule has 2 N–H and O–H groups in total. The molecule has 0 bridgehead atoms. The van der Waals surface area contributed by atoms with Crippen molar-refractivity contribution >= 4 is 22.8 Å². The molecule has 0 amide bonds. The number of aromatic amines is 2. The normalized spacial score (nSPS) is 12.9. The molecular weight excluding hydrogens is 350 g/mol. The number of pyridine rings is 2. The van der Waals surface area contributed by atoms with Crippen LogP contribution < -0.4 is 4.90 Å². The number of anilines is 1. The highest BCUT2D eigenvalue weighted by atomic mass is 15.2. The predicted octanol–water partition coefficient (Wildman–Crippen LogP) is 3.60. The van der Waals surface area contributed by atoms with E-state index in [-0.39, 0.29) is 0 Å². The molecule has 0 saturated carbocycles. The minimum absolute atomic E-state index is 0.721. The van der Waals surface area contributed by atoms with Crippen molar-refractivity contribution in [2.75, 3.05) is 19.0 Å². The van der Waals surface area contributed by atoms with Crippen LogP contribution in [0.2, 0.25) is 0 Å². The second-order valence-corrected chi connectivity index (χ2v) is 6.93. The third-order valence-electron chi connectivity index (χ3n) is 4.80. The lowest BCUT2D eigenvalue weighted by atomic mass is 10.1. The first kappa shape index (κ1) is 16.4. The van der Waals surface area contributed by atoms with Gasteiger partial charge in [0.25, 0.3) is 0 Å². The molecule has 0 radical (unpaired) electrons. The maximum atomic E-state index is 4.86. The zero-order valence-corrected chi connectivity index (χ0v) is 15.6. The van der Waals surface area contributed by atoms with Crippen molar-refractivity contribution in [3.05, 3.63) is 60.2 Å². The average molecular weight is 369 g/mol. The van der Waals surface area contributed by atoms with Crippen LogP contribution in [0.3, 0.4) is 0 Å². The third-order valence-corrected chi connectivity index (χ3v) is 4.80. The Bertz CT molecular complexity index is 1230. The Labute approximate surface area is 161 Å². The van der Waals surface area contributed by atoms with E-state index >= 15 is 0 Å². The lowest BCUT2D eigenvalue weighted by molar-refractivity contribution is 1.09. The Hall–Kier alpha value is -3.74. The topological polar surface area (TPSA) is 86.4 Å². The molecule has 0 spiro atoms. The van der Waals surface area contributed by atoms with Gasteiger partial charge in [0.15, 0.2) is 11.5 Å². The average Bonchev–Trinajstić information content (AvgIpc) is 3.25. The molecule has 7 nitrogen and oxygen atoms in total. The summed E-state index contributed by atoms with van der Waals surface area (Å²) in [5.74, 6) is 0.723. The van der Waals surface area contributed by atoms with Gasteiger partial charge in [0, 0.05) is 38.0 Å². The standard InChI is InChI=1S/C21H19N7/c1-28(2)14-10-13(11-22-12-14)15-8-9-18-19(23-15)20(27-26-18)21-24-16-6-4-3-5-7-17(16)25-21/h3-6,8-12H,7H2,1-2H3,(H,24,25)(H,26,27). The Kier molecular flexibility index (Phi) is 3.79. The molecule has 5 rings (SSSR count). The fraction of sp³-hybridized carbons (Fsp3) is 0.143. The van der Waals surface area contributed by atoms with Crippen LogP contribution in [0.5, 0.6) is 0 Å². The van der Waals surface area contributed by atoms with Crippen LogP contribution in [-0.4, -0.2) is 44.2 Å². The molecule has 0 aliphatic heterocycles. The van der Waals surface area contributed by atoms with Crippen molar-refractivity contribution < 1.29 is 0 Å². The van der Waals surface area contributed by atoms with Crippen LogP contribution in [-0.2, 0) is 6.42 Å². The number of imidazole rings is 1. The number of H-pyrrole nitrogens is 2. The fourth-order valence-corrected chi connectivity index (χ4v) is 3.28. The minimum atomic E-state index is 0.721. The largest absolute Gasteiger partial charge is 0.376 e. The van der Waals surface area contributed by atoms with Gasteiger partial charge in [0.2, 0.25) is 0 Å². The van der Waals surface area contributed by atoms with Crippen LogP contribution in [0.25, 0.3) is 39.9 Å². The molecule has 28 heavy (non-hydrogen) atoms. The molecule has 0 saturated heterocycles. The van der Waals surface area contributed by atoms with Crippen LogP contribution in [0, 0.1) is 0 Å². The van der Waals surface area contributed by atoms with Gasteiger partial charge >= 0.3 is 0 Å². The van der Waals surface area contributed by atoms with Gasteiger partial charge in [-0.15, -0.1) is 0 Å². The van der Waals surface area contributed by atoms with Crippen molar-refractivity contribution in [3.63, 3.8) is 0 Å². The molecule has 0 aromatic carbocycles. The van der Waals surface area contributed by atoms with Crippen molar-refractivity contribution in [3.8, 4) is 22.8 Å². The first-order chi connectivity index (χ1) is 13.7. The van der Waals surface area contributed by atoms with E-state index in [2.05, 4.69) is 32.3 Å². The Morgan fingerprint density at radius 3 is 2.89 bits per heavy atom. The van der Waals surface area contributed by atoms with E-state index in [1.54, 1.807) is 0 Å². The van der Waals surface area contributed by atoms with Crippen LogP contribution >= 0.6 is 0 Å². The number of hydrogen-bond donors (Lipinski definition) is 2. The Morgan fingerprint density at radius 1 is 1.07 bits per heavy atom. The van der Waals surface area contributed by atoms with E-state index in [0.29, 0.717) is 0 Å². The van der Waals surface area contributed by atoms with Gasteiger partial charge in [-0.1, -0.05) is 18.2 Å². The van der Waals surface area contributed by atoms with E-state index in [4.69, 9.17) is 9.97 Å². The molecule has 0 unspecified atom stereocenters. The summed E-state index contributed by atoms with van der Waals surface area (Å²) in [6.45, 7) is 0. The van der Waals surface area contributed by atoms with Crippen LogP contribution in [0.15, 0.2) is 48.8 Å². The minimum Gasteiger partial charge on any atom is -0.376 e. The van der Waals surface area contributed by atoms with Gasteiger partial charge in [-0.3, -0.25) is 10.1 Å². The summed E-state index contributed by atoms with van der Waals surface area (Å²) in [4.78, 5) is 19.3. The molecule has 0 atom stereocenters. The van der Waals surface area contributed by atoms with E-state index in [9.17, 15) is 0 Å². The van der Waals surface area contributed by atoms with Gasteiger partial charge in [-0.25, -0.2) is 9.97 Å². The predicted molar refractivity (Wildman–Crippen MR) is 111 cm³/mol. The van der Waals surface area contributed by atoms with E-state index in [0.717, 1.165) is 57.3 Å². The number of fused-ring (bicyclic) bond motifs is 2. The van der Waals surface area contributed by atoms with E-state index in [1.807, 2.05) is 61.7 Å². The first-order valence-corrected chi connectivity index (χ1v) is 9.09. The van der Waals surface area contributed by atoms with E-state index < -0.39 is 0 Å².